The van der Waals surface area contributed by atoms with Crippen molar-refractivity contribution in [1.29, 1.82) is 0 Å². The van der Waals surface area contributed by atoms with Crippen LogP contribution in [0.15, 0.2) is 59.8 Å². The van der Waals surface area contributed by atoms with Crippen LogP contribution in [0, 0.1) is 0 Å². The van der Waals surface area contributed by atoms with Gasteiger partial charge in [-0.15, -0.1) is 5.10 Å². The van der Waals surface area contributed by atoms with E-state index in [-0.39, 0.29) is 0 Å². The predicted molar refractivity (Wildman–Crippen MR) is 82.2 cm³/mol. The van der Waals surface area contributed by atoms with Gasteiger partial charge in [0, 0.05) is 21.4 Å². The van der Waals surface area contributed by atoms with Crippen LogP contribution in [-0.4, -0.2) is 16.4 Å². The number of benzene rings is 2. The lowest BCUT2D eigenvalue weighted by molar-refractivity contribution is 1.04. The Kier molecular flexibility index (Phi) is 3.56. The van der Waals surface area contributed by atoms with E-state index >= 15 is 0 Å². The summed E-state index contributed by atoms with van der Waals surface area (Å²) in [5.41, 5.74) is 3.74. The van der Waals surface area contributed by atoms with E-state index in [0.29, 0.717) is 10.8 Å². The Hall–Kier alpha value is -2.46. The minimum Gasteiger partial charge on any atom is -0.259 e. The highest BCUT2D eigenvalue weighted by molar-refractivity contribution is 6.33. The number of aromatic nitrogens is 2. The lowest BCUT2D eigenvalue weighted by Crippen LogP contribution is -1.96. The second kappa shape index (κ2) is 5.67. The number of hydrazone groups is 1. The van der Waals surface area contributed by atoms with Gasteiger partial charge in [0.15, 0.2) is 5.82 Å². The van der Waals surface area contributed by atoms with E-state index in [9.17, 15) is 0 Å². The normalized spacial score (nSPS) is 11.1. The van der Waals surface area contributed by atoms with Gasteiger partial charge in [0.25, 0.3) is 0 Å². The molecule has 0 aliphatic carbocycles. The fraction of sp³-hybridized carbons (Fsp3) is 0. The summed E-state index contributed by atoms with van der Waals surface area (Å²) in [6.07, 6.45) is 3.38. The summed E-state index contributed by atoms with van der Waals surface area (Å²) in [7, 11) is 0. The van der Waals surface area contributed by atoms with E-state index in [1.54, 1.807) is 12.4 Å². The van der Waals surface area contributed by atoms with Crippen molar-refractivity contribution >= 4 is 34.4 Å². The summed E-state index contributed by atoms with van der Waals surface area (Å²) < 4.78 is 0. The monoisotopic (exact) mass is 282 g/mol. The highest BCUT2D eigenvalue weighted by Crippen LogP contribution is 2.19. The van der Waals surface area contributed by atoms with Gasteiger partial charge in [0.05, 0.1) is 12.4 Å². The smallest absolute Gasteiger partial charge is 0.176 e. The van der Waals surface area contributed by atoms with Crippen LogP contribution >= 0.6 is 11.6 Å². The molecule has 1 N–H and O–H groups in total. The highest BCUT2D eigenvalue weighted by Gasteiger charge is 2.01. The molecule has 0 radical (unpaired) electrons. The molecule has 0 unspecified atom stereocenters. The Morgan fingerprint density at radius 1 is 1.05 bits per heavy atom. The van der Waals surface area contributed by atoms with Crippen LogP contribution in [0.1, 0.15) is 5.56 Å². The van der Waals surface area contributed by atoms with E-state index in [4.69, 9.17) is 11.6 Å². The summed E-state index contributed by atoms with van der Waals surface area (Å²) in [6.45, 7) is 0. The summed E-state index contributed by atoms with van der Waals surface area (Å²) in [4.78, 5) is 0. The highest BCUT2D eigenvalue weighted by atomic mass is 35.5. The van der Waals surface area contributed by atoms with Crippen molar-refractivity contribution in [2.45, 2.75) is 0 Å². The van der Waals surface area contributed by atoms with Crippen LogP contribution in [0.5, 0.6) is 0 Å². The molecule has 3 aromatic rings. The molecule has 5 heteroatoms. The zero-order valence-corrected chi connectivity index (χ0v) is 11.2. The Labute approximate surface area is 121 Å². The van der Waals surface area contributed by atoms with Gasteiger partial charge >= 0.3 is 0 Å². The standard InChI is InChI=1S/C15H11ClN4/c16-14-8-4-2-6-12(14)10-18-20-15-13-7-3-1-5-11(13)9-17-19-15/h1-10H,(H,19,20)/b18-10+. The topological polar surface area (TPSA) is 50.2 Å². The molecule has 0 amide bonds. The second-order valence-electron chi connectivity index (χ2n) is 4.17. The van der Waals surface area contributed by atoms with Crippen LogP contribution in [-0.2, 0) is 0 Å². The Morgan fingerprint density at radius 2 is 1.85 bits per heavy atom. The zero-order valence-electron chi connectivity index (χ0n) is 10.5. The number of hydrogen-bond acceptors (Lipinski definition) is 4. The first-order valence-electron chi connectivity index (χ1n) is 6.08. The van der Waals surface area contributed by atoms with Gasteiger partial charge in [0.2, 0.25) is 0 Å². The van der Waals surface area contributed by atoms with Gasteiger partial charge in [-0.1, -0.05) is 54.1 Å². The van der Waals surface area contributed by atoms with E-state index in [0.717, 1.165) is 16.3 Å². The van der Waals surface area contributed by atoms with Gasteiger partial charge in [-0.25, -0.2) is 0 Å². The average molecular weight is 283 g/mol. The first kappa shape index (κ1) is 12.6. The lowest BCUT2D eigenvalue weighted by atomic mass is 10.2. The third kappa shape index (κ3) is 2.60. The molecule has 0 saturated carbocycles. The van der Waals surface area contributed by atoms with Crippen LogP contribution in [0.4, 0.5) is 5.82 Å². The maximum atomic E-state index is 6.05. The minimum atomic E-state index is 0.617. The van der Waals surface area contributed by atoms with Crippen molar-refractivity contribution < 1.29 is 0 Å². The molecule has 0 saturated heterocycles. The molecule has 3 rings (SSSR count). The number of anilines is 1. The largest absolute Gasteiger partial charge is 0.259 e. The molecule has 0 atom stereocenters. The molecule has 0 aliphatic rings. The predicted octanol–water partition coefficient (Wildman–Crippen LogP) is 3.73. The van der Waals surface area contributed by atoms with Crippen molar-refractivity contribution in [3.63, 3.8) is 0 Å². The van der Waals surface area contributed by atoms with E-state index < -0.39 is 0 Å². The van der Waals surface area contributed by atoms with Crippen molar-refractivity contribution in [3.8, 4) is 0 Å². The number of fused-ring (bicyclic) bond motifs is 1. The van der Waals surface area contributed by atoms with E-state index in [2.05, 4.69) is 20.7 Å². The molecule has 1 aromatic heterocycles. The van der Waals surface area contributed by atoms with Crippen LogP contribution in [0.3, 0.4) is 0 Å². The number of nitrogens with one attached hydrogen (secondary N) is 1. The summed E-state index contributed by atoms with van der Waals surface area (Å²) in [6, 6.07) is 15.4. The second-order valence-corrected chi connectivity index (χ2v) is 4.58. The summed E-state index contributed by atoms with van der Waals surface area (Å²) in [5.74, 6) is 0.617. The first-order chi connectivity index (χ1) is 9.84. The Morgan fingerprint density at radius 3 is 2.75 bits per heavy atom. The first-order valence-corrected chi connectivity index (χ1v) is 6.46. The van der Waals surface area contributed by atoms with Gasteiger partial charge in [-0.3, -0.25) is 5.43 Å². The number of nitrogens with zero attached hydrogens (tertiary/aromatic N) is 3. The van der Waals surface area contributed by atoms with Crippen molar-refractivity contribution in [3.05, 3.63) is 65.3 Å². The Bertz CT molecular complexity index is 765. The summed E-state index contributed by atoms with van der Waals surface area (Å²) in [5, 5.41) is 14.8. The SMILES string of the molecule is Clc1ccccc1/C=N/Nc1nncc2ccccc12. The Balaban J connectivity index is 1.86. The van der Waals surface area contributed by atoms with Gasteiger partial charge in [-0.05, 0) is 6.07 Å². The molecular formula is C15H11ClN4. The molecule has 0 spiro atoms. The fourth-order valence-electron chi connectivity index (χ4n) is 1.85. The third-order valence-corrected chi connectivity index (χ3v) is 3.19. The van der Waals surface area contributed by atoms with Gasteiger partial charge in [0.1, 0.15) is 0 Å². The van der Waals surface area contributed by atoms with Gasteiger partial charge < -0.3 is 0 Å². The molecule has 0 bridgehead atoms. The quantitative estimate of drug-likeness (QED) is 0.588. The van der Waals surface area contributed by atoms with Crippen molar-refractivity contribution in [2.24, 2.45) is 5.10 Å². The van der Waals surface area contributed by atoms with Gasteiger partial charge in [-0.2, -0.15) is 10.2 Å². The molecule has 0 aliphatic heterocycles. The minimum absolute atomic E-state index is 0.617. The number of hydrogen-bond donors (Lipinski definition) is 1. The van der Waals surface area contributed by atoms with E-state index in [1.165, 1.54) is 0 Å². The van der Waals surface area contributed by atoms with Crippen molar-refractivity contribution in [2.75, 3.05) is 5.43 Å². The third-order valence-electron chi connectivity index (χ3n) is 2.85. The molecule has 4 nitrogen and oxygen atoms in total. The maximum Gasteiger partial charge on any atom is 0.176 e. The van der Waals surface area contributed by atoms with Crippen LogP contribution in [0.25, 0.3) is 10.8 Å². The average Bonchev–Trinajstić information content (AvgIpc) is 2.49. The molecule has 1 heterocycles. The number of rotatable bonds is 3. The van der Waals surface area contributed by atoms with Crippen LogP contribution in [0.2, 0.25) is 5.02 Å². The molecule has 98 valence electrons. The maximum absolute atomic E-state index is 6.05. The molecular weight excluding hydrogens is 272 g/mol. The summed E-state index contributed by atoms with van der Waals surface area (Å²) >= 11 is 6.05. The lowest BCUT2D eigenvalue weighted by Gasteiger charge is -2.03. The zero-order chi connectivity index (χ0) is 13.8. The fourth-order valence-corrected chi connectivity index (χ4v) is 2.04. The van der Waals surface area contributed by atoms with E-state index in [1.807, 2.05) is 48.5 Å². The molecule has 2 aromatic carbocycles. The molecule has 20 heavy (non-hydrogen) atoms. The van der Waals surface area contributed by atoms with Crippen LogP contribution < -0.4 is 5.43 Å². The number of halogens is 1. The molecule has 0 fully saturated rings. The van der Waals surface area contributed by atoms with Crippen molar-refractivity contribution in [1.82, 2.24) is 10.2 Å².